The molecule has 1 saturated heterocycles. The predicted molar refractivity (Wildman–Crippen MR) is 74.0 cm³/mol. The molecule has 2 N–H and O–H groups in total. The topological polar surface area (TPSA) is 51.4 Å². The predicted octanol–water partition coefficient (Wildman–Crippen LogP) is 2.56. The van der Waals surface area contributed by atoms with Crippen LogP contribution in [0.4, 0.5) is 19.0 Å². The Kier molecular flexibility index (Phi) is 5.05. The number of hydrogen-bond acceptors (Lipinski definition) is 4. The lowest BCUT2D eigenvalue weighted by Crippen LogP contribution is -2.41. The average Bonchev–Trinajstić information content (AvgIpc) is 2.46. The lowest BCUT2D eigenvalue weighted by Gasteiger charge is -2.34. The van der Waals surface area contributed by atoms with E-state index in [0.29, 0.717) is 31.1 Å². The first-order chi connectivity index (χ1) is 9.95. The average molecular weight is 303 g/mol. The summed E-state index contributed by atoms with van der Waals surface area (Å²) in [4.78, 5) is 5.65. The van der Waals surface area contributed by atoms with Gasteiger partial charge in [0.25, 0.3) is 0 Å². The third kappa shape index (κ3) is 3.85. The molecule has 118 valence electrons. The summed E-state index contributed by atoms with van der Waals surface area (Å²) in [5.74, 6) is 0.330. The highest BCUT2D eigenvalue weighted by atomic mass is 19.4. The number of rotatable bonds is 4. The number of ether oxygens (including phenoxy) is 1. The SMILES string of the molecule is CCOC1CCCN(c2nc(C(F)(F)F)ccc2CN)C1. The fraction of sp³-hybridized carbons (Fsp3) is 0.643. The summed E-state index contributed by atoms with van der Waals surface area (Å²) in [6.45, 7) is 3.89. The van der Waals surface area contributed by atoms with E-state index in [4.69, 9.17) is 10.5 Å². The number of anilines is 1. The molecule has 1 aromatic heterocycles. The molecule has 1 aliphatic heterocycles. The van der Waals surface area contributed by atoms with Gasteiger partial charge >= 0.3 is 6.18 Å². The lowest BCUT2D eigenvalue weighted by atomic mass is 10.1. The molecule has 1 atom stereocenters. The van der Waals surface area contributed by atoms with E-state index < -0.39 is 11.9 Å². The number of halogens is 3. The van der Waals surface area contributed by atoms with E-state index in [1.165, 1.54) is 6.07 Å². The van der Waals surface area contributed by atoms with Crippen LogP contribution < -0.4 is 10.6 Å². The molecule has 0 saturated carbocycles. The summed E-state index contributed by atoms with van der Waals surface area (Å²) < 4.78 is 44.1. The molecule has 1 unspecified atom stereocenters. The van der Waals surface area contributed by atoms with Crippen molar-refractivity contribution in [2.45, 2.75) is 38.6 Å². The van der Waals surface area contributed by atoms with Gasteiger partial charge in [-0.3, -0.25) is 0 Å². The van der Waals surface area contributed by atoms with Crippen LogP contribution in [0.2, 0.25) is 0 Å². The number of piperidine rings is 1. The van der Waals surface area contributed by atoms with Crippen molar-refractivity contribution in [3.05, 3.63) is 23.4 Å². The summed E-state index contributed by atoms with van der Waals surface area (Å²) in [5.41, 5.74) is 5.37. The van der Waals surface area contributed by atoms with Crippen LogP contribution in [0.1, 0.15) is 31.0 Å². The van der Waals surface area contributed by atoms with E-state index >= 15 is 0 Å². The van der Waals surface area contributed by atoms with Crippen LogP contribution in [0.3, 0.4) is 0 Å². The molecule has 7 heteroatoms. The molecule has 0 radical (unpaired) electrons. The second-order valence-electron chi connectivity index (χ2n) is 5.05. The number of pyridine rings is 1. The highest BCUT2D eigenvalue weighted by Gasteiger charge is 2.34. The zero-order valence-electron chi connectivity index (χ0n) is 12.0. The van der Waals surface area contributed by atoms with Gasteiger partial charge in [-0.25, -0.2) is 4.98 Å². The van der Waals surface area contributed by atoms with Crippen LogP contribution >= 0.6 is 0 Å². The molecule has 0 bridgehead atoms. The van der Waals surface area contributed by atoms with Crippen LogP contribution in [0.15, 0.2) is 12.1 Å². The summed E-state index contributed by atoms with van der Waals surface area (Å²) in [6.07, 6.45) is -2.63. The van der Waals surface area contributed by atoms with Crippen molar-refractivity contribution in [3.8, 4) is 0 Å². The smallest absolute Gasteiger partial charge is 0.377 e. The highest BCUT2D eigenvalue weighted by Crippen LogP contribution is 2.31. The van der Waals surface area contributed by atoms with Gasteiger partial charge in [-0.1, -0.05) is 6.07 Å². The molecular formula is C14H20F3N3O. The third-order valence-electron chi connectivity index (χ3n) is 3.55. The molecule has 2 heterocycles. The van der Waals surface area contributed by atoms with Gasteiger partial charge in [0, 0.05) is 31.8 Å². The first kappa shape index (κ1) is 16.0. The summed E-state index contributed by atoms with van der Waals surface area (Å²) in [5, 5.41) is 0. The molecule has 2 rings (SSSR count). The minimum atomic E-state index is -4.45. The van der Waals surface area contributed by atoms with Crippen molar-refractivity contribution in [1.29, 1.82) is 0 Å². The Hall–Kier alpha value is -1.34. The molecule has 0 aliphatic carbocycles. The van der Waals surface area contributed by atoms with Crippen molar-refractivity contribution in [2.24, 2.45) is 5.73 Å². The van der Waals surface area contributed by atoms with Crippen molar-refractivity contribution in [3.63, 3.8) is 0 Å². The fourth-order valence-corrected chi connectivity index (χ4v) is 2.57. The minimum Gasteiger partial charge on any atom is -0.377 e. The Labute approximate surface area is 122 Å². The van der Waals surface area contributed by atoms with Crippen molar-refractivity contribution in [2.75, 3.05) is 24.6 Å². The highest BCUT2D eigenvalue weighted by molar-refractivity contribution is 5.48. The fourth-order valence-electron chi connectivity index (χ4n) is 2.57. The molecule has 0 aromatic carbocycles. The van der Waals surface area contributed by atoms with Gasteiger partial charge in [0.05, 0.1) is 6.10 Å². The molecule has 1 aromatic rings. The van der Waals surface area contributed by atoms with Gasteiger partial charge in [-0.2, -0.15) is 13.2 Å². The van der Waals surface area contributed by atoms with Crippen LogP contribution in [0.5, 0.6) is 0 Å². The lowest BCUT2D eigenvalue weighted by molar-refractivity contribution is -0.141. The van der Waals surface area contributed by atoms with E-state index in [9.17, 15) is 13.2 Å². The molecule has 1 fully saturated rings. The van der Waals surface area contributed by atoms with Gasteiger partial charge in [0.1, 0.15) is 11.5 Å². The number of hydrogen-bond donors (Lipinski definition) is 1. The monoisotopic (exact) mass is 303 g/mol. The van der Waals surface area contributed by atoms with Crippen LogP contribution in [0.25, 0.3) is 0 Å². The van der Waals surface area contributed by atoms with Crippen LogP contribution in [-0.2, 0) is 17.5 Å². The van der Waals surface area contributed by atoms with E-state index in [1.807, 2.05) is 11.8 Å². The largest absolute Gasteiger partial charge is 0.433 e. The number of nitrogens with zero attached hydrogens (tertiary/aromatic N) is 2. The Bertz CT molecular complexity index is 477. The van der Waals surface area contributed by atoms with E-state index in [2.05, 4.69) is 4.98 Å². The first-order valence-corrected chi connectivity index (χ1v) is 7.09. The molecular weight excluding hydrogens is 283 g/mol. The second-order valence-corrected chi connectivity index (χ2v) is 5.05. The van der Waals surface area contributed by atoms with Gasteiger partial charge in [-0.15, -0.1) is 0 Å². The maximum atomic E-state index is 12.8. The Morgan fingerprint density at radius 2 is 2.19 bits per heavy atom. The van der Waals surface area contributed by atoms with E-state index in [-0.39, 0.29) is 12.6 Å². The molecule has 21 heavy (non-hydrogen) atoms. The van der Waals surface area contributed by atoms with Crippen LogP contribution in [-0.4, -0.2) is 30.8 Å². The maximum absolute atomic E-state index is 12.8. The standard InChI is InChI=1S/C14H20F3N3O/c1-2-21-11-4-3-7-20(9-11)13-10(8-18)5-6-12(19-13)14(15,16)17/h5-6,11H,2-4,7-9,18H2,1H3. The number of alkyl halides is 3. The minimum absolute atomic E-state index is 0.0331. The third-order valence-corrected chi connectivity index (χ3v) is 3.55. The van der Waals surface area contributed by atoms with Gasteiger partial charge in [0.2, 0.25) is 0 Å². The Morgan fingerprint density at radius 1 is 1.43 bits per heavy atom. The maximum Gasteiger partial charge on any atom is 0.433 e. The van der Waals surface area contributed by atoms with Crippen molar-refractivity contribution in [1.82, 2.24) is 4.98 Å². The van der Waals surface area contributed by atoms with Crippen LogP contribution in [0, 0.1) is 0 Å². The number of nitrogens with two attached hydrogens (primary N) is 1. The molecule has 1 aliphatic rings. The van der Waals surface area contributed by atoms with Gasteiger partial charge < -0.3 is 15.4 Å². The molecule has 4 nitrogen and oxygen atoms in total. The van der Waals surface area contributed by atoms with E-state index in [0.717, 1.165) is 18.9 Å². The summed E-state index contributed by atoms with van der Waals surface area (Å²) in [6, 6.07) is 2.39. The van der Waals surface area contributed by atoms with Crippen molar-refractivity contribution >= 4 is 5.82 Å². The van der Waals surface area contributed by atoms with E-state index in [1.54, 1.807) is 0 Å². The van der Waals surface area contributed by atoms with Gasteiger partial charge in [-0.05, 0) is 25.8 Å². The zero-order valence-corrected chi connectivity index (χ0v) is 12.0. The Balaban J connectivity index is 2.28. The molecule has 0 spiro atoms. The molecule has 0 amide bonds. The van der Waals surface area contributed by atoms with Crippen molar-refractivity contribution < 1.29 is 17.9 Å². The quantitative estimate of drug-likeness (QED) is 0.929. The second kappa shape index (κ2) is 6.62. The number of aromatic nitrogens is 1. The Morgan fingerprint density at radius 3 is 2.81 bits per heavy atom. The first-order valence-electron chi connectivity index (χ1n) is 7.09. The normalized spacial score (nSPS) is 19.9. The summed E-state index contributed by atoms with van der Waals surface area (Å²) >= 11 is 0. The zero-order chi connectivity index (χ0) is 15.5. The van der Waals surface area contributed by atoms with Gasteiger partial charge in [0.15, 0.2) is 0 Å². The summed E-state index contributed by atoms with van der Waals surface area (Å²) in [7, 11) is 0.